The molecule has 0 aliphatic heterocycles. The lowest BCUT2D eigenvalue weighted by atomic mass is 10.0. The van der Waals surface area contributed by atoms with Crippen LogP contribution in [0.2, 0.25) is 0 Å². The number of nitrogens with zero attached hydrogens (tertiary/aromatic N) is 1. The van der Waals surface area contributed by atoms with Crippen LogP contribution in [0.5, 0.6) is 0 Å². The van der Waals surface area contributed by atoms with E-state index in [0.717, 1.165) is 11.1 Å². The van der Waals surface area contributed by atoms with Crippen molar-refractivity contribution in [1.29, 1.82) is 0 Å². The second-order valence-corrected chi connectivity index (χ2v) is 5.30. The Labute approximate surface area is 125 Å². The third kappa shape index (κ3) is 4.91. The predicted octanol–water partition coefficient (Wildman–Crippen LogP) is 3.20. The van der Waals surface area contributed by atoms with Crippen LogP contribution < -0.4 is 10.6 Å². The van der Waals surface area contributed by atoms with E-state index in [1.54, 1.807) is 6.20 Å². The lowest BCUT2D eigenvalue weighted by Crippen LogP contribution is -2.34. The molecule has 21 heavy (non-hydrogen) atoms. The van der Waals surface area contributed by atoms with Crippen molar-refractivity contribution in [2.24, 2.45) is 0 Å². The summed E-state index contributed by atoms with van der Waals surface area (Å²) in [6, 6.07) is 11.7. The van der Waals surface area contributed by atoms with Gasteiger partial charge in [0.2, 0.25) is 0 Å². The van der Waals surface area contributed by atoms with Crippen LogP contribution in [0.15, 0.2) is 48.8 Å². The minimum Gasteiger partial charge on any atom is -0.334 e. The first-order chi connectivity index (χ1) is 10.1. The molecule has 2 rings (SSSR count). The summed E-state index contributed by atoms with van der Waals surface area (Å²) in [5.74, 6) is 0.435. The Kier molecular flexibility index (Phi) is 5.32. The summed E-state index contributed by atoms with van der Waals surface area (Å²) in [5.41, 5.74) is 3.27. The number of aromatic nitrogens is 1. The van der Waals surface area contributed by atoms with Crippen LogP contribution in [0.25, 0.3) is 0 Å². The van der Waals surface area contributed by atoms with Crippen LogP contribution in [-0.2, 0) is 13.1 Å². The minimum atomic E-state index is -0.172. The first-order valence-electron chi connectivity index (χ1n) is 7.14. The van der Waals surface area contributed by atoms with E-state index in [-0.39, 0.29) is 6.03 Å². The van der Waals surface area contributed by atoms with E-state index in [1.807, 2.05) is 36.5 Å². The van der Waals surface area contributed by atoms with Crippen LogP contribution in [0, 0.1) is 0 Å². The minimum absolute atomic E-state index is 0.172. The van der Waals surface area contributed by atoms with Gasteiger partial charge in [-0.3, -0.25) is 4.98 Å². The van der Waals surface area contributed by atoms with Gasteiger partial charge in [0.25, 0.3) is 0 Å². The topological polar surface area (TPSA) is 54.0 Å². The number of rotatable bonds is 5. The summed E-state index contributed by atoms with van der Waals surface area (Å²) >= 11 is 0. The Morgan fingerprint density at radius 2 is 1.71 bits per heavy atom. The zero-order chi connectivity index (χ0) is 15.1. The van der Waals surface area contributed by atoms with Gasteiger partial charge in [-0.1, -0.05) is 50.2 Å². The van der Waals surface area contributed by atoms with E-state index in [1.165, 1.54) is 5.56 Å². The monoisotopic (exact) mass is 283 g/mol. The molecular weight excluding hydrogens is 262 g/mol. The predicted molar refractivity (Wildman–Crippen MR) is 83.8 cm³/mol. The lowest BCUT2D eigenvalue weighted by Gasteiger charge is -2.10. The molecule has 2 N–H and O–H groups in total. The average Bonchev–Trinajstić information content (AvgIpc) is 2.52. The van der Waals surface area contributed by atoms with Crippen LogP contribution >= 0.6 is 0 Å². The van der Waals surface area contributed by atoms with Crippen molar-refractivity contribution in [3.63, 3.8) is 0 Å². The summed E-state index contributed by atoms with van der Waals surface area (Å²) in [7, 11) is 0. The molecule has 0 fully saturated rings. The molecule has 0 radical (unpaired) electrons. The van der Waals surface area contributed by atoms with Crippen molar-refractivity contribution in [1.82, 2.24) is 15.6 Å². The van der Waals surface area contributed by atoms with Crippen LogP contribution in [0.3, 0.4) is 0 Å². The van der Waals surface area contributed by atoms with Gasteiger partial charge in [0.15, 0.2) is 0 Å². The fourth-order valence-electron chi connectivity index (χ4n) is 1.94. The molecule has 0 saturated heterocycles. The Hall–Kier alpha value is -2.36. The van der Waals surface area contributed by atoms with E-state index in [0.29, 0.717) is 19.0 Å². The normalized spacial score (nSPS) is 10.4. The number of carbonyl (C=O) groups excluding carboxylic acids is 1. The SMILES string of the molecule is CC(C)c1cncc(CNC(=O)NCc2ccccc2)c1. The Bertz CT molecular complexity index is 582. The fraction of sp³-hybridized carbons (Fsp3) is 0.294. The smallest absolute Gasteiger partial charge is 0.315 e. The van der Waals surface area contributed by atoms with Gasteiger partial charge in [-0.15, -0.1) is 0 Å². The maximum atomic E-state index is 11.8. The molecule has 0 aliphatic rings. The number of urea groups is 1. The molecule has 2 amide bonds. The number of pyridine rings is 1. The van der Waals surface area contributed by atoms with E-state index < -0.39 is 0 Å². The molecule has 1 heterocycles. The molecule has 4 heteroatoms. The molecule has 0 unspecified atom stereocenters. The molecule has 1 aromatic carbocycles. The highest BCUT2D eigenvalue weighted by atomic mass is 16.2. The summed E-state index contributed by atoms with van der Waals surface area (Å²) in [6.07, 6.45) is 3.65. The van der Waals surface area contributed by atoms with Gasteiger partial charge in [-0.05, 0) is 22.6 Å². The van der Waals surface area contributed by atoms with Crippen molar-refractivity contribution >= 4 is 6.03 Å². The van der Waals surface area contributed by atoms with Gasteiger partial charge >= 0.3 is 6.03 Å². The third-order valence-corrected chi connectivity index (χ3v) is 3.23. The quantitative estimate of drug-likeness (QED) is 0.885. The first-order valence-corrected chi connectivity index (χ1v) is 7.14. The van der Waals surface area contributed by atoms with E-state index in [2.05, 4.69) is 35.5 Å². The lowest BCUT2D eigenvalue weighted by molar-refractivity contribution is 0.240. The van der Waals surface area contributed by atoms with Crippen LogP contribution in [0.4, 0.5) is 4.79 Å². The molecule has 0 spiro atoms. The molecule has 110 valence electrons. The molecule has 4 nitrogen and oxygen atoms in total. The van der Waals surface area contributed by atoms with Crippen LogP contribution in [-0.4, -0.2) is 11.0 Å². The van der Waals surface area contributed by atoms with Crippen molar-refractivity contribution in [3.05, 3.63) is 65.5 Å². The Morgan fingerprint density at radius 1 is 1.05 bits per heavy atom. The van der Waals surface area contributed by atoms with Gasteiger partial charge in [-0.25, -0.2) is 4.79 Å². The van der Waals surface area contributed by atoms with E-state index >= 15 is 0 Å². The number of carbonyl (C=O) groups is 1. The average molecular weight is 283 g/mol. The Morgan fingerprint density at radius 3 is 2.38 bits per heavy atom. The van der Waals surface area contributed by atoms with Gasteiger partial charge in [0, 0.05) is 25.5 Å². The third-order valence-electron chi connectivity index (χ3n) is 3.23. The molecule has 0 bridgehead atoms. The second-order valence-electron chi connectivity index (χ2n) is 5.30. The fourth-order valence-corrected chi connectivity index (χ4v) is 1.94. The van der Waals surface area contributed by atoms with Gasteiger partial charge in [0.05, 0.1) is 0 Å². The molecule has 0 atom stereocenters. The van der Waals surface area contributed by atoms with Gasteiger partial charge in [0.1, 0.15) is 0 Å². The number of amides is 2. The molecule has 0 aliphatic carbocycles. The number of hydrogen-bond donors (Lipinski definition) is 2. The maximum Gasteiger partial charge on any atom is 0.315 e. The number of benzene rings is 1. The first kappa shape index (κ1) is 15.0. The molecule has 2 aromatic rings. The van der Waals surface area contributed by atoms with E-state index in [9.17, 15) is 4.79 Å². The number of hydrogen-bond acceptors (Lipinski definition) is 2. The summed E-state index contributed by atoms with van der Waals surface area (Å²) in [6.45, 7) is 5.26. The highest BCUT2D eigenvalue weighted by molar-refractivity contribution is 5.73. The largest absolute Gasteiger partial charge is 0.334 e. The van der Waals surface area contributed by atoms with Gasteiger partial charge in [-0.2, -0.15) is 0 Å². The standard InChI is InChI=1S/C17H21N3O/c1-13(2)16-8-15(9-18-12-16)11-20-17(21)19-10-14-6-4-3-5-7-14/h3-9,12-13H,10-11H2,1-2H3,(H2,19,20,21). The maximum absolute atomic E-state index is 11.8. The highest BCUT2D eigenvalue weighted by Gasteiger charge is 2.03. The van der Waals surface area contributed by atoms with Crippen LogP contribution in [0.1, 0.15) is 36.5 Å². The number of nitrogens with one attached hydrogen (secondary N) is 2. The van der Waals surface area contributed by atoms with Crippen molar-refractivity contribution in [3.8, 4) is 0 Å². The van der Waals surface area contributed by atoms with Crippen molar-refractivity contribution in [2.45, 2.75) is 32.9 Å². The summed E-state index contributed by atoms with van der Waals surface area (Å²) < 4.78 is 0. The highest BCUT2D eigenvalue weighted by Crippen LogP contribution is 2.13. The van der Waals surface area contributed by atoms with E-state index in [4.69, 9.17) is 0 Å². The molecular formula is C17H21N3O. The van der Waals surface area contributed by atoms with Crippen molar-refractivity contribution < 1.29 is 4.79 Å². The summed E-state index contributed by atoms with van der Waals surface area (Å²) in [4.78, 5) is 16.0. The second kappa shape index (κ2) is 7.43. The molecule has 0 saturated carbocycles. The van der Waals surface area contributed by atoms with Crippen molar-refractivity contribution in [2.75, 3.05) is 0 Å². The Balaban J connectivity index is 1.80. The zero-order valence-corrected chi connectivity index (χ0v) is 12.5. The van der Waals surface area contributed by atoms with Gasteiger partial charge < -0.3 is 10.6 Å². The summed E-state index contributed by atoms with van der Waals surface area (Å²) in [5, 5.41) is 5.68. The zero-order valence-electron chi connectivity index (χ0n) is 12.5. The molecule has 1 aromatic heterocycles.